The van der Waals surface area contributed by atoms with Crippen LogP contribution < -0.4 is 14.4 Å². The number of fused-ring (bicyclic) bond motifs is 2. The van der Waals surface area contributed by atoms with E-state index >= 15 is 0 Å². The van der Waals surface area contributed by atoms with Gasteiger partial charge in [-0.15, -0.1) is 0 Å². The Morgan fingerprint density at radius 2 is 1.82 bits per heavy atom. The van der Waals surface area contributed by atoms with Crippen molar-refractivity contribution in [3.8, 4) is 11.5 Å². The van der Waals surface area contributed by atoms with Gasteiger partial charge in [0.25, 0.3) is 5.78 Å². The number of aliphatic hydroxyl groups is 1. The topological polar surface area (TPSA) is 105 Å². The minimum absolute atomic E-state index is 0.0562. The average Bonchev–Trinajstić information content (AvgIpc) is 3.55. The summed E-state index contributed by atoms with van der Waals surface area (Å²) in [6, 6.07) is 16.6. The van der Waals surface area contributed by atoms with Crippen molar-refractivity contribution in [2.75, 3.05) is 11.7 Å². The summed E-state index contributed by atoms with van der Waals surface area (Å²) < 4.78 is 24.4. The van der Waals surface area contributed by atoms with Crippen LogP contribution in [0.3, 0.4) is 0 Å². The summed E-state index contributed by atoms with van der Waals surface area (Å²) in [6.45, 7) is 0.0562. The van der Waals surface area contributed by atoms with Crippen molar-refractivity contribution in [2.24, 2.45) is 0 Å². The number of hydrogen-bond acceptors (Lipinski definition) is 6. The average molecular weight is 457 g/mol. The number of ketones is 1. The molecule has 4 aromatic rings. The molecule has 0 saturated carbocycles. The normalized spacial score (nSPS) is 18.7. The number of nitrogens with one attached hydrogen (secondary N) is 1. The highest BCUT2D eigenvalue weighted by atomic mass is 19.1. The molecule has 1 aromatic heterocycles. The first-order valence-electron chi connectivity index (χ1n) is 10.4. The van der Waals surface area contributed by atoms with Gasteiger partial charge in [0.15, 0.2) is 11.5 Å². The van der Waals surface area contributed by atoms with E-state index in [1.165, 1.54) is 23.1 Å². The monoisotopic (exact) mass is 457 g/mol. The number of rotatable bonds is 3. The SMILES string of the molecule is O=C1C(=O)N(c2nc3ccc(F)cc3[nH]2)C(c2ccccc2)/C1=C(\O)c1ccc2c(c1)OCO2. The lowest BCUT2D eigenvalue weighted by molar-refractivity contribution is -0.132. The molecule has 0 radical (unpaired) electrons. The van der Waals surface area contributed by atoms with Gasteiger partial charge in [0, 0.05) is 5.56 Å². The maximum Gasteiger partial charge on any atom is 0.302 e. The number of ether oxygens (including phenoxy) is 2. The molecule has 1 atom stereocenters. The predicted molar refractivity (Wildman–Crippen MR) is 120 cm³/mol. The van der Waals surface area contributed by atoms with Gasteiger partial charge in [-0.25, -0.2) is 9.37 Å². The Hall–Kier alpha value is -4.66. The lowest BCUT2D eigenvalue weighted by Gasteiger charge is -2.23. The fourth-order valence-electron chi connectivity index (χ4n) is 4.28. The van der Waals surface area contributed by atoms with E-state index in [2.05, 4.69) is 9.97 Å². The lowest BCUT2D eigenvalue weighted by Crippen LogP contribution is -2.30. The summed E-state index contributed by atoms with van der Waals surface area (Å²) in [5.74, 6) is -1.53. The fourth-order valence-corrected chi connectivity index (χ4v) is 4.28. The van der Waals surface area contributed by atoms with Crippen molar-refractivity contribution >= 4 is 34.4 Å². The number of aromatic nitrogens is 2. The molecule has 1 saturated heterocycles. The Balaban J connectivity index is 1.54. The Kier molecular flexibility index (Phi) is 4.38. The smallest absolute Gasteiger partial charge is 0.302 e. The number of anilines is 1. The molecular formula is C25H16FN3O5. The maximum absolute atomic E-state index is 13.7. The van der Waals surface area contributed by atoms with Crippen molar-refractivity contribution < 1.29 is 28.6 Å². The van der Waals surface area contributed by atoms with Gasteiger partial charge in [0.05, 0.1) is 22.6 Å². The molecule has 1 amide bonds. The molecule has 2 aliphatic heterocycles. The number of hydrogen-bond donors (Lipinski definition) is 2. The first-order chi connectivity index (χ1) is 16.5. The van der Waals surface area contributed by atoms with E-state index in [1.54, 1.807) is 48.5 Å². The van der Waals surface area contributed by atoms with Gasteiger partial charge < -0.3 is 19.6 Å². The van der Waals surface area contributed by atoms with Crippen LogP contribution in [0.1, 0.15) is 17.2 Å². The number of halogens is 1. The third kappa shape index (κ3) is 3.01. The molecule has 9 heteroatoms. The summed E-state index contributed by atoms with van der Waals surface area (Å²) in [4.78, 5) is 35.0. The van der Waals surface area contributed by atoms with Gasteiger partial charge in [0.1, 0.15) is 11.6 Å². The highest BCUT2D eigenvalue weighted by molar-refractivity contribution is 6.51. The van der Waals surface area contributed by atoms with E-state index in [4.69, 9.17) is 9.47 Å². The molecule has 8 nitrogen and oxygen atoms in total. The highest BCUT2D eigenvalue weighted by Crippen LogP contribution is 2.43. The minimum Gasteiger partial charge on any atom is -0.507 e. The summed E-state index contributed by atoms with van der Waals surface area (Å²) >= 11 is 0. The molecule has 3 heterocycles. The third-order valence-corrected chi connectivity index (χ3v) is 5.87. The Morgan fingerprint density at radius 3 is 2.65 bits per heavy atom. The zero-order chi connectivity index (χ0) is 23.4. The Morgan fingerprint density at radius 1 is 1.03 bits per heavy atom. The van der Waals surface area contributed by atoms with Gasteiger partial charge in [-0.3, -0.25) is 14.5 Å². The largest absolute Gasteiger partial charge is 0.507 e. The summed E-state index contributed by atoms with van der Waals surface area (Å²) in [5.41, 5.74) is 1.60. The van der Waals surface area contributed by atoms with Crippen LogP contribution in [0.5, 0.6) is 11.5 Å². The lowest BCUT2D eigenvalue weighted by atomic mass is 9.95. The van der Waals surface area contributed by atoms with Crippen molar-refractivity contribution in [1.29, 1.82) is 0 Å². The zero-order valence-electron chi connectivity index (χ0n) is 17.5. The van der Waals surface area contributed by atoms with Crippen LogP contribution in [-0.4, -0.2) is 33.6 Å². The number of imidazole rings is 1. The summed E-state index contributed by atoms with van der Waals surface area (Å²) in [6.07, 6.45) is 0. The molecule has 0 aliphatic carbocycles. The number of nitrogens with zero attached hydrogens (tertiary/aromatic N) is 2. The van der Waals surface area contributed by atoms with E-state index < -0.39 is 23.5 Å². The van der Waals surface area contributed by atoms with E-state index in [0.29, 0.717) is 33.7 Å². The number of aromatic amines is 1. The van der Waals surface area contributed by atoms with Crippen molar-refractivity contribution in [1.82, 2.24) is 9.97 Å². The molecule has 2 N–H and O–H groups in total. The highest BCUT2D eigenvalue weighted by Gasteiger charge is 2.48. The predicted octanol–water partition coefficient (Wildman–Crippen LogP) is 4.06. The number of benzene rings is 3. The second-order valence-electron chi connectivity index (χ2n) is 7.87. The minimum atomic E-state index is -0.961. The number of carbonyl (C=O) groups is 2. The summed E-state index contributed by atoms with van der Waals surface area (Å²) in [5, 5.41) is 11.2. The van der Waals surface area contributed by atoms with Crippen LogP contribution in [0.25, 0.3) is 16.8 Å². The first kappa shape index (κ1) is 20.0. The first-order valence-corrected chi connectivity index (χ1v) is 10.4. The quantitative estimate of drug-likeness (QED) is 0.273. The molecule has 6 rings (SSSR count). The van der Waals surface area contributed by atoms with E-state index in [-0.39, 0.29) is 24.1 Å². The van der Waals surface area contributed by atoms with E-state index in [1.807, 2.05) is 0 Å². The van der Waals surface area contributed by atoms with Crippen molar-refractivity contribution in [2.45, 2.75) is 6.04 Å². The molecule has 1 fully saturated rings. The van der Waals surface area contributed by atoms with Crippen LogP contribution in [0, 0.1) is 5.82 Å². The second kappa shape index (κ2) is 7.45. The van der Waals surface area contributed by atoms with Crippen LogP contribution >= 0.6 is 0 Å². The van der Waals surface area contributed by atoms with Crippen LogP contribution in [0.4, 0.5) is 10.3 Å². The van der Waals surface area contributed by atoms with Gasteiger partial charge >= 0.3 is 5.91 Å². The van der Waals surface area contributed by atoms with Crippen molar-refractivity contribution in [3.63, 3.8) is 0 Å². The number of amides is 1. The van der Waals surface area contributed by atoms with Crippen molar-refractivity contribution in [3.05, 3.63) is 89.2 Å². The number of carbonyl (C=O) groups excluding carboxylic acids is 2. The van der Waals surface area contributed by atoms with E-state index in [0.717, 1.165) is 0 Å². The second-order valence-corrected chi connectivity index (χ2v) is 7.87. The zero-order valence-corrected chi connectivity index (χ0v) is 17.5. The van der Waals surface area contributed by atoms with Crippen LogP contribution in [0.15, 0.2) is 72.3 Å². The van der Waals surface area contributed by atoms with Crippen LogP contribution in [-0.2, 0) is 9.59 Å². The van der Waals surface area contributed by atoms with Gasteiger partial charge in [-0.2, -0.15) is 0 Å². The van der Waals surface area contributed by atoms with E-state index in [9.17, 15) is 19.1 Å². The number of aliphatic hydroxyl groups excluding tert-OH is 1. The Labute approximate surface area is 191 Å². The molecule has 168 valence electrons. The molecule has 2 aliphatic rings. The fraction of sp³-hybridized carbons (Fsp3) is 0.0800. The molecule has 0 spiro atoms. The summed E-state index contributed by atoms with van der Waals surface area (Å²) in [7, 11) is 0. The van der Waals surface area contributed by atoms with Gasteiger partial charge in [-0.1, -0.05) is 30.3 Å². The standard InChI is InChI=1S/C25H16FN3O5/c26-15-7-8-16-17(11-15)28-25(27-16)29-21(13-4-2-1-3-5-13)20(23(31)24(29)32)22(30)14-6-9-18-19(10-14)34-12-33-18/h1-11,21,30H,12H2,(H,27,28)/b22-20+. The molecule has 0 bridgehead atoms. The molecule has 1 unspecified atom stereocenters. The number of H-pyrrole nitrogens is 1. The van der Waals surface area contributed by atoms with Crippen LogP contribution in [0.2, 0.25) is 0 Å². The maximum atomic E-state index is 13.7. The molecule has 34 heavy (non-hydrogen) atoms. The number of Topliss-reactive ketones (excluding diaryl/α,β-unsaturated/α-hetero) is 1. The third-order valence-electron chi connectivity index (χ3n) is 5.87. The Bertz CT molecular complexity index is 1510. The molecule has 3 aromatic carbocycles. The molecular weight excluding hydrogens is 441 g/mol. The van der Waals surface area contributed by atoms with Gasteiger partial charge in [-0.05, 0) is 42.0 Å². The van der Waals surface area contributed by atoms with Gasteiger partial charge in [0.2, 0.25) is 12.7 Å².